The predicted octanol–water partition coefficient (Wildman–Crippen LogP) is 1.33. The van der Waals surface area contributed by atoms with Crippen molar-refractivity contribution in [2.75, 3.05) is 20.3 Å². The SMILES string of the molecule is C=CCN1C(=O)C(CC(=O)OC)S/C1=N\c1ncn(CC(C)=O)c1C(=O)OCC. The van der Waals surface area contributed by atoms with E-state index in [4.69, 9.17) is 4.74 Å². The van der Waals surface area contributed by atoms with Crippen molar-refractivity contribution in [1.82, 2.24) is 14.5 Å². The Morgan fingerprint density at radius 2 is 2.14 bits per heavy atom. The third-order valence-electron chi connectivity index (χ3n) is 3.79. The second-order valence-corrected chi connectivity index (χ2v) is 7.16. The first-order valence-corrected chi connectivity index (χ1v) is 9.66. The molecule has 1 atom stereocenters. The molecule has 0 aliphatic carbocycles. The molecule has 1 aromatic heterocycles. The molecule has 0 N–H and O–H groups in total. The minimum absolute atomic E-state index is 0.0116. The molecule has 0 saturated carbocycles. The van der Waals surface area contributed by atoms with Gasteiger partial charge in [0.2, 0.25) is 5.91 Å². The van der Waals surface area contributed by atoms with Crippen molar-refractivity contribution in [2.45, 2.75) is 32.1 Å². The molecule has 1 aliphatic rings. The number of esters is 2. The van der Waals surface area contributed by atoms with Crippen molar-refractivity contribution in [1.29, 1.82) is 0 Å². The zero-order valence-electron chi connectivity index (χ0n) is 16.4. The standard InChI is InChI=1S/C18H22N4O6S/c1-5-7-22-16(25)12(8-13(24)27-4)29-18(22)20-15-14(17(26)28-6-2)21(10-19-15)9-11(3)23/h5,10,12H,1,6-9H2,2-4H3/b20-18-. The molecule has 0 aromatic carbocycles. The van der Waals surface area contributed by atoms with Crippen LogP contribution >= 0.6 is 11.8 Å². The zero-order chi connectivity index (χ0) is 21.6. The second kappa shape index (κ2) is 10.0. The molecule has 0 spiro atoms. The number of methoxy groups -OCH3 is 1. The molecule has 0 radical (unpaired) electrons. The fourth-order valence-corrected chi connectivity index (χ4v) is 3.70. The molecule has 1 aliphatic heterocycles. The van der Waals surface area contributed by atoms with Gasteiger partial charge in [0, 0.05) is 6.54 Å². The van der Waals surface area contributed by atoms with Crippen LogP contribution in [0.25, 0.3) is 0 Å². The molecule has 2 heterocycles. The number of carbonyl (C=O) groups excluding carboxylic acids is 4. The summed E-state index contributed by atoms with van der Waals surface area (Å²) in [5.41, 5.74) is 0.0116. The van der Waals surface area contributed by atoms with Crippen molar-refractivity contribution < 1.29 is 28.7 Å². The highest BCUT2D eigenvalue weighted by molar-refractivity contribution is 8.15. The van der Waals surface area contributed by atoms with E-state index in [0.717, 1.165) is 11.8 Å². The first-order chi connectivity index (χ1) is 13.8. The van der Waals surface area contributed by atoms with E-state index in [1.54, 1.807) is 6.92 Å². The van der Waals surface area contributed by atoms with Gasteiger partial charge in [-0.15, -0.1) is 6.58 Å². The molecule has 1 amide bonds. The van der Waals surface area contributed by atoms with Gasteiger partial charge < -0.3 is 14.0 Å². The Kier molecular flexibility index (Phi) is 7.71. The van der Waals surface area contributed by atoms with Gasteiger partial charge in [0.05, 0.1) is 33.0 Å². The van der Waals surface area contributed by atoms with Gasteiger partial charge in [-0.3, -0.25) is 19.3 Å². The Morgan fingerprint density at radius 1 is 1.41 bits per heavy atom. The van der Waals surface area contributed by atoms with E-state index in [1.165, 1.54) is 35.9 Å². The van der Waals surface area contributed by atoms with E-state index in [-0.39, 0.29) is 54.5 Å². The number of Topliss-reactive ketones (excluding diaryl/α,β-unsaturated/α-hetero) is 1. The van der Waals surface area contributed by atoms with Crippen LogP contribution in [0.5, 0.6) is 0 Å². The van der Waals surface area contributed by atoms with Crippen LogP contribution in [0.3, 0.4) is 0 Å². The fourth-order valence-electron chi connectivity index (χ4n) is 2.57. The largest absolute Gasteiger partial charge is 0.469 e. The molecule has 10 nitrogen and oxygen atoms in total. The summed E-state index contributed by atoms with van der Waals surface area (Å²) < 4.78 is 11.0. The quantitative estimate of drug-likeness (QED) is 0.432. The Hall–Kier alpha value is -2.95. The number of imidazole rings is 1. The van der Waals surface area contributed by atoms with Gasteiger partial charge in [0.1, 0.15) is 11.0 Å². The lowest BCUT2D eigenvalue weighted by atomic mass is 10.2. The molecular weight excluding hydrogens is 400 g/mol. The number of hydrogen-bond acceptors (Lipinski definition) is 9. The second-order valence-electron chi connectivity index (χ2n) is 5.99. The first kappa shape index (κ1) is 22.3. The van der Waals surface area contributed by atoms with E-state index < -0.39 is 17.2 Å². The molecule has 156 valence electrons. The number of aliphatic imine (C=N–C) groups is 1. The Balaban J connectivity index is 2.44. The minimum atomic E-state index is -0.702. The summed E-state index contributed by atoms with van der Waals surface area (Å²) in [4.78, 5) is 57.9. The lowest BCUT2D eigenvalue weighted by Gasteiger charge is -2.13. The van der Waals surface area contributed by atoms with Gasteiger partial charge in [-0.25, -0.2) is 14.8 Å². The monoisotopic (exact) mass is 422 g/mol. The molecule has 0 bridgehead atoms. The number of amidine groups is 1. The maximum absolute atomic E-state index is 12.6. The Labute approximate surface area is 172 Å². The van der Waals surface area contributed by atoms with Crippen LogP contribution in [0.1, 0.15) is 30.8 Å². The van der Waals surface area contributed by atoms with Crippen LogP contribution < -0.4 is 0 Å². The van der Waals surface area contributed by atoms with Crippen molar-refractivity contribution in [2.24, 2.45) is 4.99 Å². The topological polar surface area (TPSA) is 120 Å². The van der Waals surface area contributed by atoms with E-state index in [0.29, 0.717) is 0 Å². The average molecular weight is 422 g/mol. The number of carbonyl (C=O) groups is 4. The van der Waals surface area contributed by atoms with Crippen LogP contribution in [0.15, 0.2) is 24.0 Å². The summed E-state index contributed by atoms with van der Waals surface area (Å²) in [7, 11) is 1.25. The summed E-state index contributed by atoms with van der Waals surface area (Å²) >= 11 is 1.07. The first-order valence-electron chi connectivity index (χ1n) is 8.78. The molecule has 1 saturated heterocycles. The van der Waals surface area contributed by atoms with Gasteiger partial charge in [-0.2, -0.15) is 0 Å². The molecule has 1 aromatic rings. The highest BCUT2D eigenvalue weighted by Gasteiger charge is 2.39. The zero-order valence-corrected chi connectivity index (χ0v) is 17.2. The number of amides is 1. The van der Waals surface area contributed by atoms with Crippen LogP contribution in [0.2, 0.25) is 0 Å². The van der Waals surface area contributed by atoms with E-state index in [1.807, 2.05) is 0 Å². The summed E-state index contributed by atoms with van der Waals surface area (Å²) in [5, 5.41) is -0.436. The number of thioether (sulfide) groups is 1. The minimum Gasteiger partial charge on any atom is -0.469 e. The average Bonchev–Trinajstić information content (AvgIpc) is 3.17. The molecular formula is C18H22N4O6S. The van der Waals surface area contributed by atoms with Crippen molar-refractivity contribution >= 4 is 46.4 Å². The lowest BCUT2D eigenvalue weighted by molar-refractivity contribution is -0.142. The highest BCUT2D eigenvalue weighted by Crippen LogP contribution is 2.32. The smallest absolute Gasteiger partial charge is 0.358 e. The summed E-state index contributed by atoms with van der Waals surface area (Å²) in [6, 6.07) is 0. The number of rotatable bonds is 9. The summed E-state index contributed by atoms with van der Waals surface area (Å²) in [6.07, 6.45) is 2.73. The number of hydrogen-bond donors (Lipinski definition) is 0. The Bertz CT molecular complexity index is 863. The predicted molar refractivity (Wildman–Crippen MR) is 106 cm³/mol. The van der Waals surface area contributed by atoms with Crippen LogP contribution in [-0.2, 0) is 30.4 Å². The molecule has 29 heavy (non-hydrogen) atoms. The van der Waals surface area contributed by atoms with Crippen LogP contribution in [0.4, 0.5) is 5.82 Å². The third-order valence-corrected chi connectivity index (χ3v) is 4.97. The number of ether oxygens (including phenoxy) is 2. The lowest BCUT2D eigenvalue weighted by Crippen LogP contribution is -2.33. The van der Waals surface area contributed by atoms with Crippen molar-refractivity contribution in [3.05, 3.63) is 24.7 Å². The number of nitrogens with zero attached hydrogens (tertiary/aromatic N) is 4. The van der Waals surface area contributed by atoms with E-state index in [9.17, 15) is 19.2 Å². The Morgan fingerprint density at radius 3 is 2.72 bits per heavy atom. The molecule has 1 unspecified atom stereocenters. The van der Waals surface area contributed by atoms with E-state index in [2.05, 4.69) is 21.3 Å². The third kappa shape index (κ3) is 5.31. The summed E-state index contributed by atoms with van der Waals surface area (Å²) in [6.45, 7) is 6.91. The number of aromatic nitrogens is 2. The van der Waals surface area contributed by atoms with Gasteiger partial charge >= 0.3 is 11.9 Å². The van der Waals surface area contributed by atoms with Crippen LogP contribution in [0, 0.1) is 0 Å². The fraction of sp³-hybridized carbons (Fsp3) is 0.444. The molecule has 11 heteroatoms. The van der Waals surface area contributed by atoms with Gasteiger partial charge in [0.25, 0.3) is 0 Å². The maximum Gasteiger partial charge on any atom is 0.358 e. The molecule has 1 fully saturated rings. The van der Waals surface area contributed by atoms with E-state index >= 15 is 0 Å². The number of ketones is 1. The maximum atomic E-state index is 12.6. The summed E-state index contributed by atoms with van der Waals surface area (Å²) in [5.74, 6) is -1.67. The van der Waals surface area contributed by atoms with Crippen molar-refractivity contribution in [3.8, 4) is 0 Å². The van der Waals surface area contributed by atoms with Crippen LogP contribution in [-0.4, -0.2) is 68.8 Å². The van der Waals surface area contributed by atoms with Crippen molar-refractivity contribution in [3.63, 3.8) is 0 Å². The normalized spacial score (nSPS) is 17.5. The van der Waals surface area contributed by atoms with Gasteiger partial charge in [-0.1, -0.05) is 17.8 Å². The highest BCUT2D eigenvalue weighted by atomic mass is 32.2. The molecule has 2 rings (SSSR count). The van der Waals surface area contributed by atoms with Gasteiger partial charge in [0.15, 0.2) is 16.7 Å². The van der Waals surface area contributed by atoms with Gasteiger partial charge in [-0.05, 0) is 13.8 Å².